The summed E-state index contributed by atoms with van der Waals surface area (Å²) in [5.74, 6) is 2.60. The van der Waals surface area contributed by atoms with E-state index in [1.165, 1.54) is 32.1 Å². The van der Waals surface area contributed by atoms with Gasteiger partial charge in [-0.3, -0.25) is 0 Å². The summed E-state index contributed by atoms with van der Waals surface area (Å²) in [5.41, 5.74) is 2.45. The normalized spacial score (nSPS) is 52.4. The van der Waals surface area contributed by atoms with E-state index >= 15 is 0 Å². The van der Waals surface area contributed by atoms with Crippen LogP contribution >= 0.6 is 22.6 Å². The molecule has 0 heterocycles. The van der Waals surface area contributed by atoms with Crippen LogP contribution in [0.5, 0.6) is 0 Å². The van der Waals surface area contributed by atoms with Gasteiger partial charge in [-0.05, 0) is 94.3 Å². The van der Waals surface area contributed by atoms with E-state index in [1.807, 2.05) is 0 Å². The molecular formula is C19H27IO. The molecule has 4 aliphatic carbocycles. The van der Waals surface area contributed by atoms with Gasteiger partial charge >= 0.3 is 0 Å². The van der Waals surface area contributed by atoms with Gasteiger partial charge in [-0.1, -0.05) is 31.6 Å². The number of hydrogen-bond donors (Lipinski definition) is 1. The first-order valence-corrected chi connectivity index (χ1v) is 9.77. The largest absolute Gasteiger partial charge is 0.393 e. The fourth-order valence-electron chi connectivity index (χ4n) is 6.16. The van der Waals surface area contributed by atoms with Crippen LogP contribution in [0.2, 0.25) is 0 Å². The van der Waals surface area contributed by atoms with E-state index in [4.69, 9.17) is 0 Å². The second-order valence-electron chi connectivity index (χ2n) is 8.40. The second-order valence-corrected chi connectivity index (χ2v) is 9.56. The van der Waals surface area contributed by atoms with Gasteiger partial charge in [-0.25, -0.2) is 0 Å². The third-order valence-electron chi connectivity index (χ3n) is 7.56. The highest BCUT2D eigenvalue weighted by atomic mass is 127. The van der Waals surface area contributed by atoms with Gasteiger partial charge in [-0.15, -0.1) is 0 Å². The Hall–Kier alpha value is 0.170. The molecule has 116 valence electrons. The number of allylic oxidation sites excluding steroid dienone is 3. The topological polar surface area (TPSA) is 20.2 Å². The summed E-state index contributed by atoms with van der Waals surface area (Å²) in [5, 5.41) is 10.0. The molecule has 21 heavy (non-hydrogen) atoms. The molecule has 0 saturated heterocycles. The van der Waals surface area contributed by atoms with Gasteiger partial charge in [0.25, 0.3) is 0 Å². The van der Waals surface area contributed by atoms with E-state index in [9.17, 15) is 5.11 Å². The lowest BCUT2D eigenvalue weighted by Gasteiger charge is -2.57. The van der Waals surface area contributed by atoms with E-state index in [2.05, 4.69) is 48.6 Å². The van der Waals surface area contributed by atoms with Crippen molar-refractivity contribution < 1.29 is 5.11 Å². The summed E-state index contributed by atoms with van der Waals surface area (Å²) >= 11 is 2.60. The van der Waals surface area contributed by atoms with Crippen molar-refractivity contribution >= 4 is 22.6 Å². The Bertz CT molecular complexity index is 522. The van der Waals surface area contributed by atoms with Crippen LogP contribution in [-0.4, -0.2) is 11.2 Å². The lowest BCUT2D eigenvalue weighted by molar-refractivity contribution is -0.0268. The van der Waals surface area contributed by atoms with Crippen molar-refractivity contribution in [1.29, 1.82) is 0 Å². The smallest absolute Gasteiger partial charge is 0.0577 e. The summed E-state index contributed by atoms with van der Waals surface area (Å²) in [6.07, 6.45) is 13.4. The predicted molar refractivity (Wildman–Crippen MR) is 95.2 cm³/mol. The highest BCUT2D eigenvalue weighted by Crippen LogP contribution is 2.65. The molecule has 1 nitrogen and oxygen atoms in total. The first kappa shape index (κ1) is 14.7. The number of rotatable bonds is 0. The Morgan fingerprint density at radius 2 is 1.81 bits per heavy atom. The molecule has 0 aromatic carbocycles. The molecule has 0 radical (unpaired) electrons. The molecule has 0 bridgehead atoms. The Labute approximate surface area is 142 Å². The molecule has 4 aliphatic rings. The number of aliphatic hydroxyl groups is 1. The van der Waals surface area contributed by atoms with Crippen LogP contribution in [0, 0.1) is 28.6 Å². The first-order valence-electron chi connectivity index (χ1n) is 8.69. The Kier molecular flexibility index (Phi) is 3.39. The molecule has 0 amide bonds. The molecule has 4 rings (SSSR count). The van der Waals surface area contributed by atoms with Crippen LogP contribution in [0.25, 0.3) is 0 Å². The number of aliphatic hydroxyl groups excluding tert-OH is 1. The van der Waals surface area contributed by atoms with Crippen LogP contribution < -0.4 is 0 Å². The van der Waals surface area contributed by atoms with Crippen molar-refractivity contribution in [3.8, 4) is 0 Å². The third kappa shape index (κ3) is 1.97. The Morgan fingerprint density at radius 3 is 2.62 bits per heavy atom. The summed E-state index contributed by atoms with van der Waals surface area (Å²) in [7, 11) is 0. The first-order chi connectivity index (χ1) is 9.95. The lowest BCUT2D eigenvalue weighted by Crippen LogP contribution is -2.49. The number of hydrogen-bond acceptors (Lipinski definition) is 1. The molecule has 1 N–H and O–H groups in total. The molecule has 0 aromatic heterocycles. The van der Waals surface area contributed by atoms with Crippen molar-refractivity contribution in [3.63, 3.8) is 0 Å². The minimum Gasteiger partial charge on any atom is -0.393 e. The zero-order valence-electron chi connectivity index (χ0n) is 13.2. The van der Waals surface area contributed by atoms with Crippen LogP contribution in [0.4, 0.5) is 0 Å². The Balaban J connectivity index is 1.68. The van der Waals surface area contributed by atoms with Crippen LogP contribution in [0.1, 0.15) is 58.8 Å². The fourth-order valence-corrected chi connectivity index (χ4v) is 7.08. The standard InChI is InChI=1S/C19H27IO/c1-18-9-7-13(21)11-12(18)3-4-14-15-5-6-17(20)19(15,2)10-8-16(14)18/h3,6,13-16,21H,4-5,7-11H2,1-2H3/t13-,14-,15-,16+,18-,19-/m0/s1. The molecule has 2 saturated carbocycles. The van der Waals surface area contributed by atoms with Crippen molar-refractivity contribution in [3.05, 3.63) is 21.3 Å². The SMILES string of the molecule is C[C@]12CC[C@H](O)CC1=CC[C@@H]1[C@H]2CC[C@]2(C)C(I)=CC[C@@H]12. The summed E-state index contributed by atoms with van der Waals surface area (Å²) in [6.45, 7) is 5.03. The van der Waals surface area contributed by atoms with Crippen molar-refractivity contribution in [1.82, 2.24) is 0 Å². The summed E-state index contributed by atoms with van der Waals surface area (Å²) in [6, 6.07) is 0. The van der Waals surface area contributed by atoms with Crippen LogP contribution in [0.3, 0.4) is 0 Å². The summed E-state index contributed by atoms with van der Waals surface area (Å²) in [4.78, 5) is 0. The minimum atomic E-state index is -0.0798. The zero-order chi connectivity index (χ0) is 14.8. The van der Waals surface area contributed by atoms with Crippen molar-refractivity contribution in [2.45, 2.75) is 64.9 Å². The molecule has 2 fully saturated rings. The molecule has 6 atom stereocenters. The molecule has 0 aliphatic heterocycles. The molecule has 0 aromatic rings. The van der Waals surface area contributed by atoms with E-state index < -0.39 is 0 Å². The Morgan fingerprint density at radius 1 is 1.05 bits per heavy atom. The van der Waals surface area contributed by atoms with Crippen molar-refractivity contribution in [2.24, 2.45) is 28.6 Å². The maximum Gasteiger partial charge on any atom is 0.0577 e. The molecule has 0 spiro atoms. The lowest BCUT2D eigenvalue weighted by atomic mass is 9.48. The monoisotopic (exact) mass is 398 g/mol. The van der Waals surface area contributed by atoms with Gasteiger partial charge in [0.15, 0.2) is 0 Å². The predicted octanol–water partition coefficient (Wildman–Crippen LogP) is 5.24. The van der Waals surface area contributed by atoms with Gasteiger partial charge < -0.3 is 5.11 Å². The van der Waals surface area contributed by atoms with E-state index in [1.54, 1.807) is 9.15 Å². The fraction of sp³-hybridized carbons (Fsp3) is 0.789. The van der Waals surface area contributed by atoms with E-state index in [0.29, 0.717) is 10.8 Å². The average molecular weight is 398 g/mol. The number of halogens is 1. The maximum absolute atomic E-state index is 10.0. The highest BCUT2D eigenvalue weighted by molar-refractivity contribution is 14.1. The highest BCUT2D eigenvalue weighted by Gasteiger charge is 2.56. The molecule has 2 heteroatoms. The van der Waals surface area contributed by atoms with Gasteiger partial charge in [0, 0.05) is 5.41 Å². The number of fused-ring (bicyclic) bond motifs is 5. The minimum absolute atomic E-state index is 0.0798. The summed E-state index contributed by atoms with van der Waals surface area (Å²) < 4.78 is 1.63. The van der Waals surface area contributed by atoms with Crippen molar-refractivity contribution in [2.75, 3.05) is 0 Å². The average Bonchev–Trinajstić information content (AvgIpc) is 2.76. The van der Waals surface area contributed by atoms with Gasteiger partial charge in [0.2, 0.25) is 0 Å². The quantitative estimate of drug-likeness (QED) is 0.437. The van der Waals surface area contributed by atoms with Gasteiger partial charge in [0.05, 0.1) is 6.10 Å². The second kappa shape index (κ2) is 4.83. The van der Waals surface area contributed by atoms with Crippen LogP contribution in [0.15, 0.2) is 21.3 Å². The maximum atomic E-state index is 10.0. The van der Waals surface area contributed by atoms with Gasteiger partial charge in [0.1, 0.15) is 0 Å². The molecular weight excluding hydrogens is 371 g/mol. The molecule has 0 unspecified atom stereocenters. The van der Waals surface area contributed by atoms with Gasteiger partial charge in [-0.2, -0.15) is 0 Å². The zero-order valence-corrected chi connectivity index (χ0v) is 15.4. The van der Waals surface area contributed by atoms with E-state index in [0.717, 1.165) is 30.6 Å². The third-order valence-corrected chi connectivity index (χ3v) is 9.24. The van der Waals surface area contributed by atoms with Crippen LogP contribution in [-0.2, 0) is 0 Å². The van der Waals surface area contributed by atoms with E-state index in [-0.39, 0.29) is 6.10 Å².